The molecule has 0 heterocycles. The lowest BCUT2D eigenvalue weighted by Gasteiger charge is -2.10. The Hall–Kier alpha value is 0.230. The summed E-state index contributed by atoms with van der Waals surface area (Å²) in [4.78, 5) is 9.27. The summed E-state index contributed by atoms with van der Waals surface area (Å²) in [5.74, 6) is 0. The van der Waals surface area contributed by atoms with Crippen LogP contribution in [-0.4, -0.2) is 44.5 Å². The first-order chi connectivity index (χ1) is 7.81. The van der Waals surface area contributed by atoms with E-state index in [0.717, 1.165) is 26.1 Å². The molecule has 0 saturated carbocycles. The maximum Gasteiger partial charge on any atom is 0.330 e. The summed E-state index contributed by atoms with van der Waals surface area (Å²) in [5, 5.41) is 0. The van der Waals surface area contributed by atoms with Crippen LogP contribution in [0.2, 0.25) is 0 Å². The molecule has 0 spiro atoms. The van der Waals surface area contributed by atoms with Gasteiger partial charge in [-0.2, -0.15) is 0 Å². The van der Waals surface area contributed by atoms with Crippen molar-refractivity contribution < 1.29 is 23.4 Å². The second-order valence-corrected chi connectivity index (χ2v) is 4.12. The van der Waals surface area contributed by atoms with E-state index in [0.29, 0.717) is 26.4 Å². The van der Waals surface area contributed by atoms with Gasteiger partial charge in [0.2, 0.25) is 0 Å². The molecule has 1 N–H and O–H groups in total. The lowest BCUT2D eigenvalue weighted by molar-refractivity contribution is 0.0735. The Morgan fingerprint density at radius 2 is 1.19 bits per heavy atom. The van der Waals surface area contributed by atoms with Crippen molar-refractivity contribution in [3.05, 3.63) is 0 Å². The van der Waals surface area contributed by atoms with Crippen LogP contribution in [0.5, 0.6) is 0 Å². The first-order valence-corrected chi connectivity index (χ1v) is 6.84. The van der Waals surface area contributed by atoms with Gasteiger partial charge >= 0.3 is 8.60 Å². The third kappa shape index (κ3) is 12.3. The molecule has 0 atom stereocenters. The van der Waals surface area contributed by atoms with E-state index in [-0.39, 0.29) is 0 Å². The highest BCUT2D eigenvalue weighted by atomic mass is 31.2. The van der Waals surface area contributed by atoms with Crippen LogP contribution in [0.4, 0.5) is 0 Å². The minimum atomic E-state index is -1.78. The van der Waals surface area contributed by atoms with Crippen LogP contribution in [-0.2, 0) is 18.5 Å². The van der Waals surface area contributed by atoms with Gasteiger partial charge < -0.3 is 23.4 Å². The van der Waals surface area contributed by atoms with Gasteiger partial charge in [-0.3, -0.25) is 0 Å². The summed E-state index contributed by atoms with van der Waals surface area (Å²) in [6.45, 7) is 7.22. The normalized spacial score (nSPS) is 11.2. The molecule has 0 aromatic rings. The standard InChI is InChI=1S/C10H23O5P/c1-3-5-12-7-9-14-16(11)15-10-8-13-6-4-2/h11H,3-10H2,1-2H3. The average Bonchev–Trinajstić information content (AvgIpc) is 2.28. The SMILES string of the molecule is CCCOCCOP(O)OCCOCCC. The highest BCUT2D eigenvalue weighted by Gasteiger charge is 2.05. The fourth-order valence-electron chi connectivity index (χ4n) is 0.879. The molecule has 0 aliphatic carbocycles. The highest BCUT2D eigenvalue weighted by molar-refractivity contribution is 7.40. The van der Waals surface area contributed by atoms with Crippen LogP contribution in [0, 0.1) is 0 Å². The molecule has 0 radical (unpaired) electrons. The molecule has 0 aromatic carbocycles. The first-order valence-electron chi connectivity index (χ1n) is 5.71. The Labute approximate surface area is 99.0 Å². The largest absolute Gasteiger partial charge is 0.379 e. The van der Waals surface area contributed by atoms with Crippen molar-refractivity contribution in [3.63, 3.8) is 0 Å². The Morgan fingerprint density at radius 3 is 1.56 bits per heavy atom. The number of ether oxygens (including phenoxy) is 2. The van der Waals surface area contributed by atoms with Gasteiger partial charge in [-0.15, -0.1) is 0 Å². The van der Waals surface area contributed by atoms with Crippen LogP contribution < -0.4 is 0 Å². The first kappa shape index (κ1) is 16.2. The van der Waals surface area contributed by atoms with Gasteiger partial charge in [0, 0.05) is 13.2 Å². The molecule has 0 aliphatic heterocycles. The molecule has 0 amide bonds. The molecule has 0 saturated heterocycles. The molecule has 0 unspecified atom stereocenters. The van der Waals surface area contributed by atoms with Gasteiger partial charge in [0.1, 0.15) is 0 Å². The summed E-state index contributed by atoms with van der Waals surface area (Å²) < 4.78 is 20.4. The Morgan fingerprint density at radius 1 is 0.750 bits per heavy atom. The molecular formula is C10H23O5P. The van der Waals surface area contributed by atoms with E-state index in [1.807, 2.05) is 13.8 Å². The lowest BCUT2D eigenvalue weighted by atomic mass is 10.5. The summed E-state index contributed by atoms with van der Waals surface area (Å²) in [6.07, 6.45) is 1.97. The van der Waals surface area contributed by atoms with E-state index in [9.17, 15) is 4.89 Å². The Bertz CT molecular complexity index is 122. The molecular weight excluding hydrogens is 231 g/mol. The van der Waals surface area contributed by atoms with Gasteiger partial charge in [0.15, 0.2) is 0 Å². The van der Waals surface area contributed by atoms with Crippen molar-refractivity contribution in [3.8, 4) is 0 Å². The number of hydrogen-bond donors (Lipinski definition) is 1. The van der Waals surface area contributed by atoms with Crippen LogP contribution in [0.3, 0.4) is 0 Å². The van der Waals surface area contributed by atoms with Crippen LogP contribution >= 0.6 is 8.60 Å². The van der Waals surface area contributed by atoms with E-state index in [1.54, 1.807) is 0 Å². The van der Waals surface area contributed by atoms with Crippen molar-refractivity contribution in [2.45, 2.75) is 26.7 Å². The maximum absolute atomic E-state index is 9.27. The molecule has 0 fully saturated rings. The van der Waals surface area contributed by atoms with Crippen molar-refractivity contribution in [2.24, 2.45) is 0 Å². The lowest BCUT2D eigenvalue weighted by Crippen LogP contribution is -2.06. The van der Waals surface area contributed by atoms with E-state index in [2.05, 4.69) is 0 Å². The zero-order valence-corrected chi connectivity index (χ0v) is 11.1. The Kier molecular flexibility index (Phi) is 13.5. The van der Waals surface area contributed by atoms with Crippen molar-refractivity contribution in [1.29, 1.82) is 0 Å². The van der Waals surface area contributed by atoms with Crippen molar-refractivity contribution >= 4 is 8.60 Å². The molecule has 98 valence electrons. The number of hydrogen-bond acceptors (Lipinski definition) is 5. The van der Waals surface area contributed by atoms with E-state index in [1.165, 1.54) is 0 Å². The third-order valence-electron chi connectivity index (χ3n) is 1.56. The fraction of sp³-hybridized carbons (Fsp3) is 1.00. The zero-order chi connectivity index (χ0) is 12.1. The summed E-state index contributed by atoms with van der Waals surface area (Å²) >= 11 is 0. The summed E-state index contributed by atoms with van der Waals surface area (Å²) in [6, 6.07) is 0. The van der Waals surface area contributed by atoms with Crippen LogP contribution in [0.15, 0.2) is 0 Å². The second kappa shape index (κ2) is 13.3. The predicted molar refractivity (Wildman–Crippen MR) is 63.3 cm³/mol. The van der Waals surface area contributed by atoms with Crippen LogP contribution in [0.1, 0.15) is 26.7 Å². The van der Waals surface area contributed by atoms with Gasteiger partial charge in [0.25, 0.3) is 0 Å². The van der Waals surface area contributed by atoms with Gasteiger partial charge in [-0.05, 0) is 12.8 Å². The molecule has 0 aromatic heterocycles. The van der Waals surface area contributed by atoms with Crippen LogP contribution in [0.25, 0.3) is 0 Å². The van der Waals surface area contributed by atoms with Gasteiger partial charge in [0.05, 0.1) is 26.4 Å². The second-order valence-electron chi connectivity index (χ2n) is 3.13. The van der Waals surface area contributed by atoms with Crippen molar-refractivity contribution in [2.75, 3.05) is 39.6 Å². The van der Waals surface area contributed by atoms with E-state index in [4.69, 9.17) is 18.5 Å². The molecule has 0 bridgehead atoms. The maximum atomic E-state index is 9.27. The quantitative estimate of drug-likeness (QED) is 0.427. The Balaban J connectivity index is 3.09. The molecule has 0 aliphatic rings. The topological polar surface area (TPSA) is 57.2 Å². The monoisotopic (exact) mass is 254 g/mol. The van der Waals surface area contributed by atoms with Gasteiger partial charge in [-0.25, -0.2) is 0 Å². The number of rotatable bonds is 12. The smallest absolute Gasteiger partial charge is 0.330 e. The average molecular weight is 254 g/mol. The summed E-state index contributed by atoms with van der Waals surface area (Å²) in [5.41, 5.74) is 0. The minimum Gasteiger partial charge on any atom is -0.379 e. The van der Waals surface area contributed by atoms with Gasteiger partial charge in [-0.1, -0.05) is 13.8 Å². The zero-order valence-electron chi connectivity index (χ0n) is 10.2. The predicted octanol–water partition coefficient (Wildman–Crippen LogP) is 2.09. The van der Waals surface area contributed by atoms with E-state index < -0.39 is 8.60 Å². The van der Waals surface area contributed by atoms with E-state index >= 15 is 0 Å². The van der Waals surface area contributed by atoms with Crippen molar-refractivity contribution in [1.82, 2.24) is 0 Å². The highest BCUT2D eigenvalue weighted by Crippen LogP contribution is 2.31. The molecule has 5 nitrogen and oxygen atoms in total. The minimum absolute atomic E-state index is 0.359. The summed E-state index contributed by atoms with van der Waals surface area (Å²) in [7, 11) is -1.78. The third-order valence-corrected chi connectivity index (χ3v) is 2.36. The molecule has 6 heteroatoms. The molecule has 16 heavy (non-hydrogen) atoms. The fourth-order valence-corrected chi connectivity index (χ4v) is 1.41. The molecule has 0 rings (SSSR count).